The van der Waals surface area contributed by atoms with Crippen molar-refractivity contribution in [1.82, 2.24) is 9.97 Å². The minimum absolute atomic E-state index is 0.411. The van der Waals surface area contributed by atoms with Crippen LogP contribution in [0, 0.1) is 0 Å². The lowest BCUT2D eigenvalue weighted by Crippen LogP contribution is -2.18. The molecule has 0 fully saturated rings. The van der Waals surface area contributed by atoms with Crippen LogP contribution in [0.3, 0.4) is 0 Å². The summed E-state index contributed by atoms with van der Waals surface area (Å²) in [7, 11) is 3.07. The van der Waals surface area contributed by atoms with Gasteiger partial charge in [-0.1, -0.05) is 30.3 Å². The Hall–Kier alpha value is -3.38. The Morgan fingerprint density at radius 2 is 1.39 bits per heavy atom. The van der Waals surface area contributed by atoms with Crippen LogP contribution in [0.15, 0.2) is 72.9 Å². The Kier molecular flexibility index (Phi) is 6.65. The topological polar surface area (TPSA) is 119 Å². The molecule has 11 heteroatoms. The number of benzene rings is 3. The van der Waals surface area contributed by atoms with Crippen LogP contribution >= 0.6 is 0 Å². The van der Waals surface area contributed by atoms with E-state index in [1.54, 1.807) is 49.6 Å². The smallest absolute Gasteiger partial charge is 0.261 e. The van der Waals surface area contributed by atoms with E-state index in [1.807, 2.05) is 30.3 Å². The zero-order valence-corrected chi connectivity index (χ0v) is 19.4. The molecule has 170 valence electrons. The third-order valence-electron chi connectivity index (χ3n) is 5.11. The standard InChI is InChI=1S/C22H21N5O4S2/c1-26(32(28)29)18-10-6-15(7-11-18)20-5-3-4-16-14-23-22(25-21(16)20)24-17-8-12-19(13-9-17)27(2)33(30)31/h3-14H,1-2H3,(H,28,29)(H,30,31)(H,23,24,25). The molecule has 0 saturated carbocycles. The molecule has 0 spiro atoms. The molecule has 4 rings (SSSR count). The number of fused-ring (bicyclic) bond motifs is 1. The van der Waals surface area contributed by atoms with Crippen molar-refractivity contribution in [1.29, 1.82) is 0 Å². The Bertz CT molecular complexity index is 1330. The van der Waals surface area contributed by atoms with Gasteiger partial charge in [0.25, 0.3) is 22.5 Å². The summed E-state index contributed by atoms with van der Waals surface area (Å²) < 4.78 is 43.5. The Morgan fingerprint density at radius 1 is 0.818 bits per heavy atom. The number of rotatable bonds is 7. The monoisotopic (exact) mass is 483 g/mol. The third-order valence-corrected chi connectivity index (χ3v) is 6.47. The zero-order valence-electron chi connectivity index (χ0n) is 17.7. The SMILES string of the molecule is CN(c1ccc(Nc2ncc3cccc(-c4ccc(N(C)S(=O)O)cc4)c3n2)cc1)S(=O)O. The Morgan fingerprint density at radius 3 is 1.97 bits per heavy atom. The maximum Gasteiger partial charge on any atom is 0.261 e. The first-order chi connectivity index (χ1) is 15.8. The van der Waals surface area contributed by atoms with Gasteiger partial charge in [0.15, 0.2) is 0 Å². The average Bonchev–Trinajstić information content (AvgIpc) is 2.83. The minimum atomic E-state index is -2.09. The van der Waals surface area contributed by atoms with Gasteiger partial charge in [0.05, 0.1) is 16.9 Å². The van der Waals surface area contributed by atoms with Gasteiger partial charge in [0, 0.05) is 36.9 Å². The van der Waals surface area contributed by atoms with Crippen molar-refractivity contribution in [3.8, 4) is 11.1 Å². The fourth-order valence-electron chi connectivity index (χ4n) is 3.26. The predicted molar refractivity (Wildman–Crippen MR) is 133 cm³/mol. The lowest BCUT2D eigenvalue weighted by atomic mass is 10.0. The van der Waals surface area contributed by atoms with Gasteiger partial charge in [0.2, 0.25) is 5.95 Å². The van der Waals surface area contributed by atoms with Crippen LogP contribution in [0.2, 0.25) is 0 Å². The van der Waals surface area contributed by atoms with E-state index in [0.29, 0.717) is 17.3 Å². The predicted octanol–water partition coefficient (Wildman–Crippen LogP) is 4.19. The third kappa shape index (κ3) is 5.01. The van der Waals surface area contributed by atoms with Gasteiger partial charge in [0.1, 0.15) is 0 Å². The van der Waals surface area contributed by atoms with Gasteiger partial charge >= 0.3 is 0 Å². The number of anilines is 4. The number of aromatic nitrogens is 2. The van der Waals surface area contributed by atoms with Crippen LogP contribution in [0.5, 0.6) is 0 Å². The summed E-state index contributed by atoms with van der Waals surface area (Å²) >= 11 is -4.18. The fourth-order valence-corrected chi connectivity index (χ4v) is 3.87. The molecule has 3 N–H and O–H groups in total. The minimum Gasteiger partial charge on any atom is -0.324 e. The molecule has 0 aliphatic carbocycles. The maximum atomic E-state index is 11.3. The van der Waals surface area contributed by atoms with Crippen LogP contribution in [-0.2, 0) is 22.5 Å². The molecule has 0 aliphatic heterocycles. The van der Waals surface area contributed by atoms with Gasteiger partial charge < -0.3 is 5.32 Å². The van der Waals surface area contributed by atoms with Crippen molar-refractivity contribution >= 4 is 56.4 Å². The molecule has 1 aromatic heterocycles. The molecular weight excluding hydrogens is 462 g/mol. The molecule has 0 bridgehead atoms. The van der Waals surface area contributed by atoms with Gasteiger partial charge in [-0.25, -0.2) is 18.4 Å². The van der Waals surface area contributed by atoms with Crippen molar-refractivity contribution in [2.45, 2.75) is 0 Å². The molecule has 9 nitrogen and oxygen atoms in total. The Balaban J connectivity index is 1.63. The van der Waals surface area contributed by atoms with E-state index in [9.17, 15) is 17.5 Å². The van der Waals surface area contributed by atoms with E-state index >= 15 is 0 Å². The normalized spacial score (nSPS) is 12.8. The Labute approximate surface area is 195 Å². The quantitative estimate of drug-likeness (QED) is 0.337. The van der Waals surface area contributed by atoms with E-state index in [4.69, 9.17) is 4.98 Å². The van der Waals surface area contributed by atoms with Crippen LogP contribution in [0.4, 0.5) is 23.0 Å². The highest BCUT2D eigenvalue weighted by Gasteiger charge is 2.11. The zero-order chi connectivity index (χ0) is 23.5. The summed E-state index contributed by atoms with van der Waals surface area (Å²) in [4.78, 5) is 9.09. The number of nitrogens with one attached hydrogen (secondary N) is 1. The largest absolute Gasteiger partial charge is 0.324 e. The second-order valence-electron chi connectivity index (χ2n) is 7.11. The summed E-state index contributed by atoms with van der Waals surface area (Å²) in [5.74, 6) is 0.411. The lowest BCUT2D eigenvalue weighted by molar-refractivity contribution is 0.561. The van der Waals surface area contributed by atoms with Gasteiger partial charge in [-0.05, 0) is 42.0 Å². The van der Waals surface area contributed by atoms with Crippen LogP contribution < -0.4 is 13.9 Å². The van der Waals surface area contributed by atoms with Crippen molar-refractivity contribution < 1.29 is 17.5 Å². The molecule has 4 aromatic rings. The maximum absolute atomic E-state index is 11.3. The van der Waals surface area contributed by atoms with Crippen LogP contribution in [0.25, 0.3) is 22.0 Å². The summed E-state index contributed by atoms with van der Waals surface area (Å²) in [6, 6.07) is 20.1. The number of nitrogens with zero attached hydrogens (tertiary/aromatic N) is 4. The summed E-state index contributed by atoms with van der Waals surface area (Å²) in [5.41, 5.74) is 4.53. The van der Waals surface area contributed by atoms with E-state index < -0.39 is 22.5 Å². The molecule has 33 heavy (non-hydrogen) atoms. The average molecular weight is 484 g/mol. The van der Waals surface area contributed by atoms with Crippen molar-refractivity contribution in [2.75, 3.05) is 28.0 Å². The first-order valence-corrected chi connectivity index (χ1v) is 11.9. The number of hydrogen-bond donors (Lipinski definition) is 3. The second-order valence-corrected chi connectivity index (χ2v) is 9.13. The van der Waals surface area contributed by atoms with E-state index in [0.717, 1.165) is 27.7 Å². The summed E-state index contributed by atoms with van der Waals surface area (Å²) in [5, 5.41) is 4.03. The van der Waals surface area contributed by atoms with Crippen LogP contribution in [0.1, 0.15) is 0 Å². The molecule has 3 aromatic carbocycles. The van der Waals surface area contributed by atoms with E-state index in [-0.39, 0.29) is 0 Å². The van der Waals surface area contributed by atoms with Gasteiger partial charge in [-0.15, -0.1) is 0 Å². The van der Waals surface area contributed by atoms with E-state index in [1.165, 1.54) is 15.7 Å². The number of para-hydroxylation sites is 1. The van der Waals surface area contributed by atoms with Crippen molar-refractivity contribution in [2.24, 2.45) is 0 Å². The number of hydrogen-bond acceptors (Lipinski definition) is 5. The summed E-state index contributed by atoms with van der Waals surface area (Å²) in [6.07, 6.45) is 1.74. The molecule has 0 amide bonds. The molecule has 0 aliphatic rings. The first-order valence-electron chi connectivity index (χ1n) is 9.76. The molecular formula is C22H21N5O4S2. The molecule has 0 radical (unpaired) electrons. The molecule has 1 heterocycles. The molecule has 2 atom stereocenters. The highest BCUT2D eigenvalue weighted by Crippen LogP contribution is 2.30. The molecule has 2 unspecified atom stereocenters. The van der Waals surface area contributed by atoms with Gasteiger partial charge in [-0.2, -0.15) is 0 Å². The fraction of sp³-hybridized carbons (Fsp3) is 0.0909. The van der Waals surface area contributed by atoms with Gasteiger partial charge in [-0.3, -0.25) is 17.7 Å². The van der Waals surface area contributed by atoms with Crippen molar-refractivity contribution in [3.05, 3.63) is 72.9 Å². The highest BCUT2D eigenvalue weighted by atomic mass is 32.2. The molecule has 0 saturated heterocycles. The van der Waals surface area contributed by atoms with Crippen molar-refractivity contribution in [3.63, 3.8) is 0 Å². The van der Waals surface area contributed by atoms with Crippen LogP contribution in [-0.4, -0.2) is 41.6 Å². The first kappa shape index (κ1) is 22.8. The highest BCUT2D eigenvalue weighted by molar-refractivity contribution is 7.80. The summed E-state index contributed by atoms with van der Waals surface area (Å²) in [6.45, 7) is 0. The lowest BCUT2D eigenvalue weighted by Gasteiger charge is -2.15. The second kappa shape index (κ2) is 9.63. The van der Waals surface area contributed by atoms with E-state index in [2.05, 4.69) is 10.3 Å².